The van der Waals surface area contributed by atoms with Crippen molar-refractivity contribution < 1.29 is 9.53 Å². The van der Waals surface area contributed by atoms with E-state index in [2.05, 4.69) is 17.9 Å². The summed E-state index contributed by atoms with van der Waals surface area (Å²) >= 11 is 0. The fourth-order valence-electron chi connectivity index (χ4n) is 1.36. The van der Waals surface area contributed by atoms with E-state index in [0.29, 0.717) is 6.42 Å². The van der Waals surface area contributed by atoms with Crippen LogP contribution in [-0.4, -0.2) is 18.8 Å². The topological polar surface area (TPSA) is 50.2 Å². The van der Waals surface area contributed by atoms with Crippen LogP contribution in [0.1, 0.15) is 13.3 Å². The molecule has 3 nitrogen and oxygen atoms in total. The molecule has 0 radical (unpaired) electrons. The molecule has 0 atom stereocenters. The van der Waals surface area contributed by atoms with E-state index < -0.39 is 5.97 Å². The van der Waals surface area contributed by atoms with Crippen molar-refractivity contribution in [2.75, 3.05) is 7.11 Å². The van der Waals surface area contributed by atoms with Gasteiger partial charge in [-0.15, -0.1) is 0 Å². The Kier molecular flexibility index (Phi) is 7.86. The first-order valence-electron chi connectivity index (χ1n) is 5.53. The molecule has 0 saturated carbocycles. The molecular formula is C15H19NO2. The van der Waals surface area contributed by atoms with Crippen molar-refractivity contribution >= 4 is 11.7 Å². The van der Waals surface area contributed by atoms with Crippen molar-refractivity contribution in [3.63, 3.8) is 0 Å². The standard InChI is InChI=1S/C15H19NO2/c1-5-8-12(9-6-2)11-14(16)13(10-7-3)15(17)18-4/h5-10,16H,1,3,11H2,2,4H3/b9-6-,12-8+,13-10+,16-14?. The fraction of sp³-hybridized carbons (Fsp3) is 0.200. The van der Waals surface area contributed by atoms with Crippen LogP contribution >= 0.6 is 0 Å². The smallest absolute Gasteiger partial charge is 0.339 e. The molecule has 0 heterocycles. The second-order valence-corrected chi connectivity index (χ2v) is 3.44. The fourth-order valence-corrected chi connectivity index (χ4v) is 1.36. The molecule has 0 amide bonds. The van der Waals surface area contributed by atoms with Crippen molar-refractivity contribution in [2.24, 2.45) is 0 Å². The van der Waals surface area contributed by atoms with Gasteiger partial charge in [-0.25, -0.2) is 4.79 Å². The summed E-state index contributed by atoms with van der Waals surface area (Å²) in [5.41, 5.74) is 1.30. The minimum absolute atomic E-state index is 0.188. The summed E-state index contributed by atoms with van der Waals surface area (Å²) in [5.74, 6) is -0.529. The predicted octanol–water partition coefficient (Wildman–Crippen LogP) is 3.37. The summed E-state index contributed by atoms with van der Waals surface area (Å²) in [5, 5.41) is 7.94. The van der Waals surface area contributed by atoms with Gasteiger partial charge in [-0.3, -0.25) is 0 Å². The van der Waals surface area contributed by atoms with E-state index in [1.165, 1.54) is 19.3 Å². The van der Waals surface area contributed by atoms with E-state index in [1.54, 1.807) is 12.2 Å². The van der Waals surface area contributed by atoms with E-state index in [-0.39, 0.29) is 11.3 Å². The zero-order valence-electron chi connectivity index (χ0n) is 10.9. The van der Waals surface area contributed by atoms with Crippen LogP contribution in [0.3, 0.4) is 0 Å². The first-order chi connectivity index (χ1) is 8.60. The Balaban J connectivity index is 5.07. The van der Waals surface area contributed by atoms with E-state index in [4.69, 9.17) is 5.41 Å². The Morgan fingerprint density at radius 2 is 1.89 bits per heavy atom. The Hall–Kier alpha value is -2.16. The molecular weight excluding hydrogens is 226 g/mol. The van der Waals surface area contributed by atoms with Crippen LogP contribution in [0, 0.1) is 5.41 Å². The molecule has 0 aromatic heterocycles. The van der Waals surface area contributed by atoms with Gasteiger partial charge in [0.05, 0.1) is 18.4 Å². The lowest BCUT2D eigenvalue weighted by atomic mass is 10.0. The van der Waals surface area contributed by atoms with Crippen LogP contribution in [0.5, 0.6) is 0 Å². The summed E-state index contributed by atoms with van der Waals surface area (Å²) in [4.78, 5) is 11.5. The van der Waals surface area contributed by atoms with Crippen LogP contribution in [0.15, 0.2) is 60.8 Å². The Labute approximate surface area is 108 Å². The lowest BCUT2D eigenvalue weighted by Gasteiger charge is -2.07. The highest BCUT2D eigenvalue weighted by atomic mass is 16.5. The second-order valence-electron chi connectivity index (χ2n) is 3.44. The third-order valence-electron chi connectivity index (χ3n) is 2.11. The van der Waals surface area contributed by atoms with E-state index >= 15 is 0 Å². The van der Waals surface area contributed by atoms with Crippen LogP contribution < -0.4 is 0 Å². The van der Waals surface area contributed by atoms with Gasteiger partial charge in [-0.05, 0) is 18.6 Å². The molecule has 0 aromatic rings. The largest absolute Gasteiger partial charge is 0.465 e. The van der Waals surface area contributed by atoms with Crippen molar-refractivity contribution in [2.45, 2.75) is 13.3 Å². The number of carbonyl (C=O) groups is 1. The second kappa shape index (κ2) is 8.93. The maximum absolute atomic E-state index is 11.5. The quantitative estimate of drug-likeness (QED) is 0.323. The van der Waals surface area contributed by atoms with E-state index in [0.717, 1.165) is 5.57 Å². The zero-order chi connectivity index (χ0) is 14.0. The number of rotatable bonds is 7. The first-order valence-corrected chi connectivity index (χ1v) is 5.53. The van der Waals surface area contributed by atoms with Gasteiger partial charge in [-0.2, -0.15) is 0 Å². The molecule has 0 saturated heterocycles. The Morgan fingerprint density at radius 1 is 1.28 bits per heavy atom. The summed E-state index contributed by atoms with van der Waals surface area (Å²) in [6, 6.07) is 0. The van der Waals surface area contributed by atoms with Crippen molar-refractivity contribution in [1.29, 1.82) is 5.41 Å². The molecule has 3 heteroatoms. The summed E-state index contributed by atoms with van der Waals surface area (Å²) in [6.45, 7) is 9.04. The van der Waals surface area contributed by atoms with Gasteiger partial charge in [0, 0.05) is 6.42 Å². The predicted molar refractivity (Wildman–Crippen MR) is 75.7 cm³/mol. The van der Waals surface area contributed by atoms with Gasteiger partial charge in [-0.1, -0.05) is 43.5 Å². The van der Waals surface area contributed by atoms with Crippen LogP contribution in [0.2, 0.25) is 0 Å². The number of allylic oxidation sites excluding steroid dienone is 7. The van der Waals surface area contributed by atoms with Gasteiger partial charge >= 0.3 is 5.97 Å². The summed E-state index contributed by atoms with van der Waals surface area (Å²) in [6.07, 6.45) is 10.5. The Morgan fingerprint density at radius 3 is 2.33 bits per heavy atom. The lowest BCUT2D eigenvalue weighted by molar-refractivity contribution is -0.135. The number of hydrogen-bond acceptors (Lipinski definition) is 3. The monoisotopic (exact) mass is 245 g/mol. The minimum Gasteiger partial charge on any atom is -0.465 e. The highest BCUT2D eigenvalue weighted by Gasteiger charge is 2.14. The number of hydrogen-bond donors (Lipinski definition) is 1. The molecule has 0 aliphatic carbocycles. The number of ether oxygens (including phenoxy) is 1. The molecule has 0 unspecified atom stereocenters. The van der Waals surface area contributed by atoms with E-state index in [1.807, 2.05) is 19.1 Å². The molecule has 0 fully saturated rings. The maximum Gasteiger partial charge on any atom is 0.339 e. The highest BCUT2D eigenvalue weighted by molar-refractivity contribution is 6.19. The number of carbonyl (C=O) groups excluding carboxylic acids is 1. The van der Waals surface area contributed by atoms with Gasteiger partial charge in [0.15, 0.2) is 0 Å². The van der Waals surface area contributed by atoms with Crippen molar-refractivity contribution in [1.82, 2.24) is 0 Å². The van der Waals surface area contributed by atoms with Crippen LogP contribution in [0.25, 0.3) is 0 Å². The number of esters is 1. The molecule has 0 aliphatic heterocycles. The van der Waals surface area contributed by atoms with Gasteiger partial charge in [0.25, 0.3) is 0 Å². The first kappa shape index (κ1) is 15.8. The minimum atomic E-state index is -0.529. The third kappa shape index (κ3) is 5.25. The molecule has 96 valence electrons. The average Bonchev–Trinajstić information content (AvgIpc) is 2.35. The van der Waals surface area contributed by atoms with Crippen molar-refractivity contribution in [3.05, 3.63) is 60.8 Å². The van der Waals surface area contributed by atoms with Crippen LogP contribution in [-0.2, 0) is 9.53 Å². The molecule has 0 bridgehead atoms. The number of methoxy groups -OCH3 is 1. The van der Waals surface area contributed by atoms with Gasteiger partial charge < -0.3 is 10.1 Å². The highest BCUT2D eigenvalue weighted by Crippen LogP contribution is 2.12. The molecule has 0 aliphatic rings. The third-order valence-corrected chi connectivity index (χ3v) is 2.11. The van der Waals surface area contributed by atoms with Gasteiger partial charge in [0.1, 0.15) is 0 Å². The molecule has 0 rings (SSSR count). The summed E-state index contributed by atoms with van der Waals surface area (Å²) in [7, 11) is 1.29. The average molecular weight is 245 g/mol. The number of nitrogens with one attached hydrogen (secondary N) is 1. The van der Waals surface area contributed by atoms with Gasteiger partial charge in [0.2, 0.25) is 0 Å². The SMILES string of the molecule is C=C/C=C(\C=C/C)CC(=N)/C(=C\C=C)C(=O)OC. The molecule has 1 N–H and O–H groups in total. The van der Waals surface area contributed by atoms with Crippen molar-refractivity contribution in [3.8, 4) is 0 Å². The summed E-state index contributed by atoms with van der Waals surface area (Å²) < 4.78 is 4.63. The molecule has 0 aromatic carbocycles. The molecule has 18 heavy (non-hydrogen) atoms. The van der Waals surface area contributed by atoms with Crippen LogP contribution in [0.4, 0.5) is 0 Å². The molecule has 0 spiro atoms. The normalized spacial score (nSPS) is 12.3. The Bertz CT molecular complexity index is 426. The van der Waals surface area contributed by atoms with E-state index in [9.17, 15) is 4.79 Å². The maximum atomic E-state index is 11.5. The lowest BCUT2D eigenvalue weighted by Crippen LogP contribution is -2.14. The zero-order valence-corrected chi connectivity index (χ0v) is 10.9.